The van der Waals surface area contributed by atoms with E-state index >= 15 is 0 Å². The minimum Gasteiger partial charge on any atom is -0.306 e. The van der Waals surface area contributed by atoms with Crippen molar-refractivity contribution in [1.82, 2.24) is 20.5 Å². The molecule has 112 valence electrons. The SMILES string of the molecule is FC(F)(F)[C@@H]1CCCC[C@@H]1NCc1nc(C2CC2)n[nH]1. The molecule has 0 spiro atoms. The molecule has 1 aromatic rings. The monoisotopic (exact) mass is 288 g/mol. The molecule has 2 fully saturated rings. The first kappa shape index (κ1) is 13.9. The molecule has 2 saturated carbocycles. The molecule has 2 atom stereocenters. The second kappa shape index (κ2) is 5.35. The molecule has 2 N–H and O–H groups in total. The van der Waals surface area contributed by atoms with Crippen LogP contribution < -0.4 is 5.32 Å². The number of alkyl halides is 3. The molecule has 3 rings (SSSR count). The smallest absolute Gasteiger partial charge is 0.306 e. The Morgan fingerprint density at radius 2 is 1.90 bits per heavy atom. The van der Waals surface area contributed by atoms with Crippen LogP contribution in [0.1, 0.15) is 56.1 Å². The van der Waals surface area contributed by atoms with Gasteiger partial charge in [-0.3, -0.25) is 5.10 Å². The molecule has 0 saturated heterocycles. The van der Waals surface area contributed by atoms with Crippen LogP contribution in [-0.2, 0) is 6.54 Å². The van der Waals surface area contributed by atoms with Crippen molar-refractivity contribution in [1.29, 1.82) is 0 Å². The molecule has 0 amide bonds. The second-order valence-corrected chi connectivity index (χ2v) is 5.83. The van der Waals surface area contributed by atoms with Gasteiger partial charge in [-0.2, -0.15) is 18.3 Å². The minimum absolute atomic E-state index is 0.227. The summed E-state index contributed by atoms with van der Waals surface area (Å²) >= 11 is 0. The summed E-state index contributed by atoms with van der Waals surface area (Å²) in [5.74, 6) is 0.663. The van der Waals surface area contributed by atoms with E-state index < -0.39 is 18.1 Å². The first-order chi connectivity index (χ1) is 9.54. The van der Waals surface area contributed by atoms with Crippen LogP contribution in [0.3, 0.4) is 0 Å². The molecule has 2 aliphatic carbocycles. The highest BCUT2D eigenvalue weighted by Crippen LogP contribution is 2.38. The van der Waals surface area contributed by atoms with Gasteiger partial charge in [0.2, 0.25) is 0 Å². The number of rotatable bonds is 4. The molecular formula is C13H19F3N4. The quantitative estimate of drug-likeness (QED) is 0.895. The lowest BCUT2D eigenvalue weighted by atomic mass is 9.84. The van der Waals surface area contributed by atoms with Gasteiger partial charge in [-0.15, -0.1) is 0 Å². The third-order valence-electron chi connectivity index (χ3n) is 4.21. The summed E-state index contributed by atoms with van der Waals surface area (Å²) in [6, 6.07) is -0.502. The van der Waals surface area contributed by atoms with Crippen molar-refractivity contribution < 1.29 is 13.2 Å². The summed E-state index contributed by atoms with van der Waals surface area (Å²) < 4.78 is 38.9. The predicted octanol–water partition coefficient (Wildman–Crippen LogP) is 2.89. The van der Waals surface area contributed by atoms with Crippen LogP contribution in [0, 0.1) is 5.92 Å². The van der Waals surface area contributed by atoms with E-state index in [1.165, 1.54) is 0 Å². The van der Waals surface area contributed by atoms with Crippen molar-refractivity contribution in [2.75, 3.05) is 0 Å². The van der Waals surface area contributed by atoms with E-state index in [4.69, 9.17) is 0 Å². The van der Waals surface area contributed by atoms with E-state index in [9.17, 15) is 13.2 Å². The predicted molar refractivity (Wildman–Crippen MR) is 67.0 cm³/mol. The summed E-state index contributed by atoms with van der Waals surface area (Å²) in [4.78, 5) is 4.33. The Balaban J connectivity index is 1.57. The maximum absolute atomic E-state index is 13.0. The Bertz CT molecular complexity index is 453. The third-order valence-corrected chi connectivity index (χ3v) is 4.21. The lowest BCUT2D eigenvalue weighted by Gasteiger charge is -2.33. The molecule has 2 aliphatic rings. The van der Waals surface area contributed by atoms with Crippen LogP contribution in [-0.4, -0.2) is 27.4 Å². The first-order valence-electron chi connectivity index (χ1n) is 7.25. The van der Waals surface area contributed by atoms with Crippen LogP contribution in [0.4, 0.5) is 13.2 Å². The first-order valence-corrected chi connectivity index (χ1v) is 7.25. The summed E-state index contributed by atoms with van der Waals surface area (Å²) in [7, 11) is 0. The normalized spacial score (nSPS) is 27.8. The molecule has 0 bridgehead atoms. The number of hydrogen-bond acceptors (Lipinski definition) is 3. The summed E-state index contributed by atoms with van der Waals surface area (Å²) in [5, 5.41) is 9.94. The van der Waals surface area contributed by atoms with Crippen molar-refractivity contribution in [2.45, 2.75) is 63.2 Å². The molecule has 20 heavy (non-hydrogen) atoms. The van der Waals surface area contributed by atoms with Gasteiger partial charge < -0.3 is 5.32 Å². The highest BCUT2D eigenvalue weighted by atomic mass is 19.4. The average molecular weight is 288 g/mol. The van der Waals surface area contributed by atoms with Crippen LogP contribution in [0.15, 0.2) is 0 Å². The van der Waals surface area contributed by atoms with Gasteiger partial charge in [0.05, 0.1) is 12.5 Å². The van der Waals surface area contributed by atoms with Crippen LogP contribution in [0.5, 0.6) is 0 Å². The zero-order valence-electron chi connectivity index (χ0n) is 11.2. The number of hydrogen-bond donors (Lipinski definition) is 2. The van der Waals surface area contributed by atoms with Crippen LogP contribution in [0.25, 0.3) is 0 Å². The van der Waals surface area contributed by atoms with Crippen LogP contribution >= 0.6 is 0 Å². The van der Waals surface area contributed by atoms with Gasteiger partial charge in [-0.25, -0.2) is 4.98 Å². The molecule has 7 heteroatoms. The third kappa shape index (κ3) is 3.13. The van der Waals surface area contributed by atoms with Gasteiger partial charge in [0.15, 0.2) is 5.82 Å². The molecule has 1 heterocycles. The average Bonchev–Trinajstić information content (AvgIpc) is 3.15. The topological polar surface area (TPSA) is 53.6 Å². The van der Waals surface area contributed by atoms with E-state index in [1.54, 1.807) is 0 Å². The van der Waals surface area contributed by atoms with Crippen LogP contribution in [0.2, 0.25) is 0 Å². The van der Waals surface area contributed by atoms with E-state index in [0.717, 1.165) is 25.1 Å². The summed E-state index contributed by atoms with van der Waals surface area (Å²) in [6.45, 7) is 0.330. The number of nitrogens with zero attached hydrogens (tertiary/aromatic N) is 2. The maximum Gasteiger partial charge on any atom is 0.393 e. The fourth-order valence-corrected chi connectivity index (χ4v) is 2.91. The van der Waals surface area contributed by atoms with E-state index in [0.29, 0.717) is 31.1 Å². The van der Waals surface area contributed by atoms with Gasteiger partial charge in [0, 0.05) is 12.0 Å². The van der Waals surface area contributed by atoms with Gasteiger partial charge >= 0.3 is 6.18 Å². The largest absolute Gasteiger partial charge is 0.393 e. The van der Waals surface area contributed by atoms with Crippen molar-refractivity contribution in [3.05, 3.63) is 11.6 Å². The number of halogens is 3. The van der Waals surface area contributed by atoms with Crippen molar-refractivity contribution in [3.63, 3.8) is 0 Å². The van der Waals surface area contributed by atoms with Gasteiger partial charge in [0.25, 0.3) is 0 Å². The fourth-order valence-electron chi connectivity index (χ4n) is 2.91. The van der Waals surface area contributed by atoms with E-state index in [2.05, 4.69) is 20.5 Å². The van der Waals surface area contributed by atoms with Gasteiger partial charge in [-0.1, -0.05) is 12.8 Å². The highest BCUT2D eigenvalue weighted by molar-refractivity contribution is 5.05. The minimum atomic E-state index is -4.11. The lowest BCUT2D eigenvalue weighted by molar-refractivity contribution is -0.189. The fraction of sp³-hybridized carbons (Fsp3) is 0.846. The van der Waals surface area contributed by atoms with E-state index in [1.807, 2.05) is 0 Å². The van der Waals surface area contributed by atoms with Crippen molar-refractivity contribution >= 4 is 0 Å². The number of nitrogens with one attached hydrogen (secondary N) is 2. The zero-order chi connectivity index (χ0) is 14.2. The maximum atomic E-state index is 13.0. The van der Waals surface area contributed by atoms with Crippen molar-refractivity contribution in [3.8, 4) is 0 Å². The zero-order valence-corrected chi connectivity index (χ0v) is 11.2. The Morgan fingerprint density at radius 3 is 2.60 bits per heavy atom. The molecule has 0 unspecified atom stereocenters. The number of H-pyrrole nitrogens is 1. The molecule has 0 aliphatic heterocycles. The second-order valence-electron chi connectivity index (χ2n) is 5.83. The highest BCUT2D eigenvalue weighted by Gasteiger charge is 2.45. The molecule has 1 aromatic heterocycles. The number of aromatic nitrogens is 3. The molecule has 4 nitrogen and oxygen atoms in total. The van der Waals surface area contributed by atoms with Gasteiger partial charge in [-0.05, 0) is 25.7 Å². The molecular weight excluding hydrogens is 269 g/mol. The van der Waals surface area contributed by atoms with Crippen molar-refractivity contribution in [2.24, 2.45) is 5.92 Å². The summed E-state index contributed by atoms with van der Waals surface area (Å²) in [5.41, 5.74) is 0. The Morgan fingerprint density at radius 1 is 1.15 bits per heavy atom. The Labute approximate surface area is 115 Å². The Hall–Kier alpha value is -1.11. The van der Waals surface area contributed by atoms with Gasteiger partial charge in [0.1, 0.15) is 5.82 Å². The lowest BCUT2D eigenvalue weighted by Crippen LogP contribution is -2.45. The van der Waals surface area contributed by atoms with E-state index in [-0.39, 0.29) is 6.42 Å². The standard InChI is InChI=1S/C13H19F3N4/c14-13(15,16)9-3-1-2-4-10(9)17-7-11-18-12(20-19-11)8-5-6-8/h8-10,17H,1-7H2,(H,18,19,20)/t9-,10+/m1/s1. The summed E-state index contributed by atoms with van der Waals surface area (Å²) in [6.07, 6.45) is 0.439. The Kier molecular flexibility index (Phi) is 3.70. The molecule has 0 aromatic carbocycles. The number of aromatic amines is 1. The molecule has 0 radical (unpaired) electrons.